The number of rotatable bonds is 3. The molecule has 3 nitrogen and oxygen atoms in total. The number of alkyl halides is 3. The van der Waals surface area contributed by atoms with E-state index >= 15 is 0 Å². The summed E-state index contributed by atoms with van der Waals surface area (Å²) in [5.41, 5.74) is 2.77. The second-order valence-corrected chi connectivity index (χ2v) is 7.52. The van der Waals surface area contributed by atoms with Crippen LogP contribution in [0.5, 0.6) is 0 Å². The van der Waals surface area contributed by atoms with Gasteiger partial charge in [0.2, 0.25) is 0 Å². The zero-order valence-electron chi connectivity index (χ0n) is 15.7. The van der Waals surface area contributed by atoms with Gasteiger partial charge in [0.1, 0.15) is 0 Å². The Hall–Kier alpha value is -3.15. The zero-order valence-corrected chi connectivity index (χ0v) is 15.7. The van der Waals surface area contributed by atoms with Crippen LogP contribution in [0.15, 0.2) is 60.7 Å². The summed E-state index contributed by atoms with van der Waals surface area (Å²) in [5.74, 6) is 0.0654. The van der Waals surface area contributed by atoms with Crippen molar-refractivity contribution in [3.05, 3.63) is 77.5 Å². The van der Waals surface area contributed by atoms with Gasteiger partial charge in [-0.3, -0.25) is 0 Å². The van der Waals surface area contributed by atoms with E-state index in [4.69, 9.17) is 0 Å². The third-order valence-corrected chi connectivity index (χ3v) is 5.28. The van der Waals surface area contributed by atoms with Crippen molar-refractivity contribution < 1.29 is 13.2 Å². The Kier molecular flexibility index (Phi) is 3.98. The topological polar surface area (TPSA) is 30.7 Å². The van der Waals surface area contributed by atoms with Crippen molar-refractivity contribution in [1.82, 2.24) is 14.8 Å². The number of halogens is 3. The Balaban J connectivity index is 1.85. The molecule has 29 heavy (non-hydrogen) atoms. The second-order valence-electron chi connectivity index (χ2n) is 7.52. The molecule has 0 N–H and O–H groups in total. The average Bonchev–Trinajstić information content (AvgIpc) is 3.48. The predicted octanol–water partition coefficient (Wildman–Crippen LogP) is 6.29. The minimum absolute atomic E-state index is 0.0654. The fraction of sp³-hybridized carbons (Fsp3) is 0.217. The van der Waals surface area contributed by atoms with E-state index in [2.05, 4.69) is 10.1 Å². The lowest BCUT2D eigenvalue weighted by molar-refractivity contribution is -0.136. The Labute approximate surface area is 165 Å². The standard InChI is InChI=1S/C23H18F3N3/c1-14-7-9-15(10-8-14)19-13-18(23(24,25)26)20-21(16-11-12-16)28-29(22(20)27-19)17-5-3-2-4-6-17/h2-10,13,16H,11-12H2,1H3. The van der Waals surface area contributed by atoms with Crippen LogP contribution in [-0.2, 0) is 6.18 Å². The Bertz CT molecular complexity index is 1190. The fourth-order valence-electron chi connectivity index (χ4n) is 3.63. The maximum Gasteiger partial charge on any atom is 0.417 e. The number of para-hydroxylation sites is 1. The van der Waals surface area contributed by atoms with E-state index in [1.807, 2.05) is 49.4 Å². The number of nitrogens with zero attached hydrogens (tertiary/aromatic N) is 3. The van der Waals surface area contributed by atoms with Gasteiger partial charge in [0, 0.05) is 11.5 Å². The summed E-state index contributed by atoms with van der Waals surface area (Å²) < 4.78 is 43.8. The first-order chi connectivity index (χ1) is 13.9. The molecule has 1 aliphatic rings. The first-order valence-corrected chi connectivity index (χ1v) is 9.55. The molecule has 6 heteroatoms. The number of pyridine rings is 1. The minimum atomic E-state index is -4.49. The highest BCUT2D eigenvalue weighted by Crippen LogP contribution is 2.46. The Morgan fingerprint density at radius 1 is 0.966 bits per heavy atom. The van der Waals surface area contributed by atoms with Crippen LogP contribution in [0.1, 0.15) is 35.6 Å². The molecule has 1 aliphatic carbocycles. The number of aryl methyl sites for hydroxylation is 1. The highest BCUT2D eigenvalue weighted by molar-refractivity contribution is 5.87. The molecule has 5 rings (SSSR count). The van der Waals surface area contributed by atoms with Crippen molar-refractivity contribution in [1.29, 1.82) is 0 Å². The third kappa shape index (κ3) is 3.18. The lowest BCUT2D eigenvalue weighted by Crippen LogP contribution is -2.08. The molecule has 0 spiro atoms. The summed E-state index contributed by atoms with van der Waals surface area (Å²) in [6.07, 6.45) is -2.77. The number of hydrogen-bond acceptors (Lipinski definition) is 2. The molecule has 0 radical (unpaired) electrons. The van der Waals surface area contributed by atoms with Crippen molar-refractivity contribution in [3.8, 4) is 16.9 Å². The molecule has 4 aromatic rings. The molecule has 2 aromatic carbocycles. The monoisotopic (exact) mass is 393 g/mol. The average molecular weight is 393 g/mol. The van der Waals surface area contributed by atoms with Gasteiger partial charge in [-0.2, -0.15) is 18.3 Å². The molecule has 0 atom stereocenters. The van der Waals surface area contributed by atoms with Crippen LogP contribution in [0.4, 0.5) is 13.2 Å². The van der Waals surface area contributed by atoms with Gasteiger partial charge in [-0.25, -0.2) is 9.67 Å². The third-order valence-electron chi connectivity index (χ3n) is 5.28. The van der Waals surface area contributed by atoms with Crippen molar-refractivity contribution >= 4 is 11.0 Å². The summed E-state index contributed by atoms with van der Waals surface area (Å²) in [5, 5.41) is 4.72. The summed E-state index contributed by atoms with van der Waals surface area (Å²) in [7, 11) is 0. The highest BCUT2D eigenvalue weighted by Gasteiger charge is 2.39. The van der Waals surface area contributed by atoms with E-state index < -0.39 is 11.7 Å². The number of hydrogen-bond donors (Lipinski definition) is 0. The van der Waals surface area contributed by atoms with Crippen LogP contribution in [0.3, 0.4) is 0 Å². The molecular weight excluding hydrogens is 375 g/mol. The molecule has 0 amide bonds. The molecule has 0 unspecified atom stereocenters. The van der Waals surface area contributed by atoms with E-state index in [1.54, 1.807) is 16.8 Å². The summed E-state index contributed by atoms with van der Waals surface area (Å²) >= 11 is 0. The molecule has 1 saturated carbocycles. The lowest BCUT2D eigenvalue weighted by Gasteiger charge is -2.12. The molecule has 146 valence electrons. The van der Waals surface area contributed by atoms with Gasteiger partial charge in [0.25, 0.3) is 0 Å². The summed E-state index contributed by atoms with van der Waals surface area (Å²) in [6.45, 7) is 1.94. The van der Waals surface area contributed by atoms with Crippen LogP contribution >= 0.6 is 0 Å². The summed E-state index contributed by atoms with van der Waals surface area (Å²) in [6, 6.07) is 17.7. The van der Waals surface area contributed by atoms with Crippen LogP contribution in [0, 0.1) is 6.92 Å². The maximum absolute atomic E-state index is 14.1. The van der Waals surface area contributed by atoms with Gasteiger partial charge < -0.3 is 0 Å². The van der Waals surface area contributed by atoms with Gasteiger partial charge in [0.05, 0.1) is 28.0 Å². The van der Waals surface area contributed by atoms with Gasteiger partial charge in [-0.05, 0) is 38.0 Å². The van der Waals surface area contributed by atoms with Gasteiger partial charge in [0.15, 0.2) is 5.65 Å². The lowest BCUT2D eigenvalue weighted by atomic mass is 10.0. The largest absolute Gasteiger partial charge is 0.417 e. The van der Waals surface area contributed by atoms with Crippen LogP contribution in [0.25, 0.3) is 28.0 Å². The molecule has 0 bridgehead atoms. The second kappa shape index (κ2) is 6.44. The highest BCUT2D eigenvalue weighted by atomic mass is 19.4. The number of aromatic nitrogens is 3. The first-order valence-electron chi connectivity index (χ1n) is 9.55. The van der Waals surface area contributed by atoms with Crippen LogP contribution in [-0.4, -0.2) is 14.8 Å². The van der Waals surface area contributed by atoms with E-state index in [0.29, 0.717) is 22.6 Å². The molecule has 2 aromatic heterocycles. The molecular formula is C23H18F3N3. The fourth-order valence-corrected chi connectivity index (χ4v) is 3.63. The molecule has 1 fully saturated rings. The number of benzene rings is 2. The maximum atomic E-state index is 14.1. The first kappa shape index (κ1) is 17.9. The van der Waals surface area contributed by atoms with Crippen molar-refractivity contribution in [2.75, 3.05) is 0 Å². The smallest absolute Gasteiger partial charge is 0.228 e. The Morgan fingerprint density at radius 2 is 1.66 bits per heavy atom. The molecule has 0 saturated heterocycles. The SMILES string of the molecule is Cc1ccc(-c2cc(C(F)(F)F)c3c(C4CC4)nn(-c4ccccc4)c3n2)cc1. The van der Waals surface area contributed by atoms with E-state index in [9.17, 15) is 13.2 Å². The van der Waals surface area contributed by atoms with E-state index in [0.717, 1.165) is 24.5 Å². The van der Waals surface area contributed by atoms with Crippen molar-refractivity contribution in [3.63, 3.8) is 0 Å². The van der Waals surface area contributed by atoms with E-state index in [-0.39, 0.29) is 17.0 Å². The molecule has 2 heterocycles. The Morgan fingerprint density at radius 3 is 2.28 bits per heavy atom. The minimum Gasteiger partial charge on any atom is -0.228 e. The van der Waals surface area contributed by atoms with Crippen molar-refractivity contribution in [2.24, 2.45) is 0 Å². The predicted molar refractivity (Wildman–Crippen MR) is 106 cm³/mol. The van der Waals surface area contributed by atoms with Crippen molar-refractivity contribution in [2.45, 2.75) is 31.9 Å². The van der Waals surface area contributed by atoms with Gasteiger partial charge in [-0.1, -0.05) is 48.0 Å². The quantitative estimate of drug-likeness (QED) is 0.409. The van der Waals surface area contributed by atoms with E-state index in [1.165, 1.54) is 0 Å². The zero-order chi connectivity index (χ0) is 20.2. The van der Waals surface area contributed by atoms with Gasteiger partial charge in [-0.15, -0.1) is 0 Å². The normalized spacial score (nSPS) is 14.5. The summed E-state index contributed by atoms with van der Waals surface area (Å²) in [4.78, 5) is 4.66. The molecule has 0 aliphatic heterocycles. The van der Waals surface area contributed by atoms with Crippen LogP contribution < -0.4 is 0 Å². The van der Waals surface area contributed by atoms with Gasteiger partial charge >= 0.3 is 6.18 Å². The number of fused-ring (bicyclic) bond motifs is 1. The van der Waals surface area contributed by atoms with Crippen LogP contribution in [0.2, 0.25) is 0 Å².